The first kappa shape index (κ1) is 22.5. The predicted octanol–water partition coefficient (Wildman–Crippen LogP) is 3.27. The molecule has 0 aliphatic heterocycles. The SMILES string of the molecule is Cc1ccc(C(=O)NCc2ccsc2)cc1C#Cc1cn(CCN(C)C)c2ncnc(N)c12. The van der Waals surface area contributed by atoms with Crippen LogP contribution in [0.4, 0.5) is 5.82 Å². The lowest BCUT2D eigenvalue weighted by Crippen LogP contribution is -2.22. The van der Waals surface area contributed by atoms with Gasteiger partial charge in [-0.15, -0.1) is 0 Å². The number of aromatic nitrogens is 3. The molecule has 0 atom stereocenters. The standard InChI is InChI=1S/C25H26N6OS/c1-17-4-5-20(25(32)27-13-18-8-11-33-15-18)12-19(17)6-7-21-14-31(10-9-30(2)3)24-22(21)23(26)28-16-29-24/h4-5,8,11-12,14-16H,9-10,13H2,1-3H3,(H,27,32)(H2,26,28,29). The van der Waals surface area contributed by atoms with Crippen LogP contribution in [-0.2, 0) is 13.1 Å². The second-order valence-electron chi connectivity index (χ2n) is 8.09. The maximum Gasteiger partial charge on any atom is 0.251 e. The van der Waals surface area contributed by atoms with Crippen LogP contribution in [0, 0.1) is 18.8 Å². The van der Waals surface area contributed by atoms with Crippen LogP contribution in [0.25, 0.3) is 11.0 Å². The number of nitrogens with two attached hydrogens (primary N) is 1. The van der Waals surface area contributed by atoms with Gasteiger partial charge < -0.3 is 20.5 Å². The Kier molecular flexibility index (Phi) is 6.73. The lowest BCUT2D eigenvalue weighted by Gasteiger charge is -2.10. The zero-order valence-corrected chi connectivity index (χ0v) is 19.7. The Labute approximate surface area is 197 Å². The number of carbonyl (C=O) groups is 1. The number of hydrogen-bond donors (Lipinski definition) is 2. The van der Waals surface area contributed by atoms with Gasteiger partial charge in [-0.1, -0.05) is 17.9 Å². The third-order valence-corrected chi connectivity index (χ3v) is 6.07. The molecule has 0 bridgehead atoms. The van der Waals surface area contributed by atoms with Crippen LogP contribution in [0.1, 0.15) is 32.6 Å². The molecule has 0 spiro atoms. The van der Waals surface area contributed by atoms with Gasteiger partial charge in [0.2, 0.25) is 0 Å². The van der Waals surface area contributed by atoms with Crippen molar-refractivity contribution in [2.24, 2.45) is 0 Å². The summed E-state index contributed by atoms with van der Waals surface area (Å²) in [6.07, 6.45) is 3.45. The predicted molar refractivity (Wildman–Crippen MR) is 133 cm³/mol. The zero-order valence-electron chi connectivity index (χ0n) is 18.9. The van der Waals surface area contributed by atoms with Crippen molar-refractivity contribution in [3.63, 3.8) is 0 Å². The van der Waals surface area contributed by atoms with Gasteiger partial charge in [-0.25, -0.2) is 9.97 Å². The molecule has 0 fully saturated rings. The fourth-order valence-corrected chi connectivity index (χ4v) is 4.10. The van der Waals surface area contributed by atoms with Crippen molar-refractivity contribution in [1.82, 2.24) is 24.8 Å². The van der Waals surface area contributed by atoms with Gasteiger partial charge in [0.05, 0.1) is 10.9 Å². The number of anilines is 1. The summed E-state index contributed by atoms with van der Waals surface area (Å²) < 4.78 is 2.05. The van der Waals surface area contributed by atoms with E-state index in [9.17, 15) is 4.79 Å². The highest BCUT2D eigenvalue weighted by Crippen LogP contribution is 2.23. The van der Waals surface area contributed by atoms with Crippen LogP contribution in [0.15, 0.2) is 47.5 Å². The van der Waals surface area contributed by atoms with E-state index in [0.29, 0.717) is 17.9 Å². The summed E-state index contributed by atoms with van der Waals surface area (Å²) >= 11 is 1.61. The van der Waals surface area contributed by atoms with Gasteiger partial charge in [-0.2, -0.15) is 11.3 Å². The number of likely N-dealkylation sites (N-methyl/N-ethyl adjacent to an activating group) is 1. The number of rotatable bonds is 6. The van der Waals surface area contributed by atoms with E-state index in [1.165, 1.54) is 6.33 Å². The number of nitrogen functional groups attached to an aromatic ring is 1. The van der Waals surface area contributed by atoms with Crippen LogP contribution in [0.5, 0.6) is 0 Å². The molecule has 8 heteroatoms. The highest BCUT2D eigenvalue weighted by Gasteiger charge is 2.13. The third-order valence-electron chi connectivity index (χ3n) is 5.34. The first-order valence-electron chi connectivity index (χ1n) is 10.6. The average Bonchev–Trinajstić information content (AvgIpc) is 3.44. The van der Waals surface area contributed by atoms with Gasteiger partial charge in [-0.3, -0.25) is 4.79 Å². The molecule has 33 heavy (non-hydrogen) atoms. The smallest absolute Gasteiger partial charge is 0.251 e. The molecular formula is C25H26N6OS. The third kappa shape index (κ3) is 5.22. The quantitative estimate of drug-likeness (QED) is 0.433. The number of amides is 1. The van der Waals surface area contributed by atoms with E-state index in [4.69, 9.17) is 5.73 Å². The summed E-state index contributed by atoms with van der Waals surface area (Å²) in [6.45, 7) is 4.11. The van der Waals surface area contributed by atoms with Crippen LogP contribution >= 0.6 is 11.3 Å². The van der Waals surface area contributed by atoms with Gasteiger partial charge in [0.15, 0.2) is 0 Å². The average molecular weight is 459 g/mol. The van der Waals surface area contributed by atoms with Crippen LogP contribution < -0.4 is 11.1 Å². The van der Waals surface area contributed by atoms with Crippen molar-refractivity contribution >= 4 is 34.1 Å². The first-order chi connectivity index (χ1) is 15.9. The number of hydrogen-bond acceptors (Lipinski definition) is 6. The molecule has 4 aromatic rings. The van der Waals surface area contributed by atoms with Crippen molar-refractivity contribution in [2.45, 2.75) is 20.0 Å². The van der Waals surface area contributed by atoms with Gasteiger partial charge >= 0.3 is 0 Å². The Morgan fingerprint density at radius 2 is 2.03 bits per heavy atom. The summed E-state index contributed by atoms with van der Waals surface area (Å²) in [5, 5.41) is 7.74. The van der Waals surface area contributed by atoms with Crippen LogP contribution in [-0.4, -0.2) is 46.0 Å². The molecule has 7 nitrogen and oxygen atoms in total. The van der Waals surface area contributed by atoms with E-state index >= 15 is 0 Å². The largest absolute Gasteiger partial charge is 0.383 e. The van der Waals surface area contributed by atoms with Crippen LogP contribution in [0.3, 0.4) is 0 Å². The minimum Gasteiger partial charge on any atom is -0.383 e. The van der Waals surface area contributed by atoms with E-state index in [-0.39, 0.29) is 5.91 Å². The van der Waals surface area contributed by atoms with Gasteiger partial charge in [0.1, 0.15) is 17.8 Å². The monoisotopic (exact) mass is 458 g/mol. The first-order valence-corrected chi connectivity index (χ1v) is 11.5. The Morgan fingerprint density at radius 3 is 2.79 bits per heavy atom. The highest BCUT2D eigenvalue weighted by molar-refractivity contribution is 7.07. The van der Waals surface area contributed by atoms with E-state index < -0.39 is 0 Å². The molecule has 4 rings (SSSR count). The molecule has 3 N–H and O–H groups in total. The molecule has 0 aliphatic carbocycles. The maximum absolute atomic E-state index is 12.6. The molecule has 1 amide bonds. The Morgan fingerprint density at radius 1 is 1.21 bits per heavy atom. The molecule has 3 aromatic heterocycles. The van der Waals surface area contributed by atoms with E-state index in [2.05, 4.69) is 36.6 Å². The van der Waals surface area contributed by atoms with E-state index in [0.717, 1.165) is 46.4 Å². The van der Waals surface area contributed by atoms with Gasteiger partial charge in [0.25, 0.3) is 5.91 Å². The number of aryl methyl sites for hydroxylation is 1. The number of fused-ring (bicyclic) bond motifs is 1. The minimum atomic E-state index is -0.123. The zero-order chi connectivity index (χ0) is 23.4. The summed E-state index contributed by atoms with van der Waals surface area (Å²) in [4.78, 5) is 23.3. The van der Waals surface area contributed by atoms with Crippen LogP contribution in [0.2, 0.25) is 0 Å². The van der Waals surface area contributed by atoms with Gasteiger partial charge in [0, 0.05) is 37.0 Å². The van der Waals surface area contributed by atoms with Crippen molar-refractivity contribution in [1.29, 1.82) is 0 Å². The van der Waals surface area contributed by atoms with Crippen molar-refractivity contribution in [2.75, 3.05) is 26.4 Å². The fourth-order valence-electron chi connectivity index (χ4n) is 3.43. The highest BCUT2D eigenvalue weighted by atomic mass is 32.1. The summed E-state index contributed by atoms with van der Waals surface area (Å²) in [5.74, 6) is 6.75. The van der Waals surface area contributed by atoms with Gasteiger partial charge in [-0.05, 0) is 61.1 Å². The van der Waals surface area contributed by atoms with E-state index in [1.54, 1.807) is 11.3 Å². The molecule has 3 heterocycles. The molecule has 1 aromatic carbocycles. The van der Waals surface area contributed by atoms with Crippen molar-refractivity contribution < 1.29 is 4.79 Å². The summed E-state index contributed by atoms with van der Waals surface area (Å²) in [5.41, 5.74) is 11.2. The number of nitrogens with zero attached hydrogens (tertiary/aromatic N) is 4. The van der Waals surface area contributed by atoms with Crippen molar-refractivity contribution in [3.8, 4) is 11.8 Å². The van der Waals surface area contributed by atoms with E-state index in [1.807, 2.05) is 62.2 Å². The molecule has 0 saturated heterocycles. The Hall–Kier alpha value is -3.67. The lowest BCUT2D eigenvalue weighted by atomic mass is 10.0. The Bertz CT molecular complexity index is 1340. The number of carbonyl (C=O) groups excluding carboxylic acids is 1. The fraction of sp³-hybridized carbons (Fsp3) is 0.240. The molecule has 168 valence electrons. The lowest BCUT2D eigenvalue weighted by molar-refractivity contribution is 0.0951. The molecule has 0 unspecified atom stereocenters. The molecule has 0 saturated carbocycles. The number of benzene rings is 1. The summed E-state index contributed by atoms with van der Waals surface area (Å²) in [7, 11) is 4.06. The topological polar surface area (TPSA) is 89.1 Å². The van der Waals surface area contributed by atoms with Crippen molar-refractivity contribution in [3.05, 3.63) is 75.4 Å². The minimum absolute atomic E-state index is 0.123. The normalized spacial score (nSPS) is 10.9. The maximum atomic E-state index is 12.6. The Balaban J connectivity index is 1.62. The molecular weight excluding hydrogens is 432 g/mol. The second-order valence-corrected chi connectivity index (χ2v) is 8.87. The number of thiophene rings is 1. The second kappa shape index (κ2) is 9.86. The molecule has 0 radical (unpaired) electrons. The number of nitrogens with one attached hydrogen (secondary N) is 1. The summed E-state index contributed by atoms with van der Waals surface area (Å²) in [6, 6.07) is 7.57. The molecule has 0 aliphatic rings.